The van der Waals surface area contributed by atoms with Crippen LogP contribution in [-0.4, -0.2) is 35.4 Å². The third kappa shape index (κ3) is 3.23. The summed E-state index contributed by atoms with van der Waals surface area (Å²) in [5.74, 6) is -1.51. The Morgan fingerprint density at radius 2 is 2.09 bits per heavy atom. The van der Waals surface area contributed by atoms with E-state index in [0.29, 0.717) is 10.9 Å². The first kappa shape index (κ1) is 16.3. The molecule has 0 aliphatic carbocycles. The van der Waals surface area contributed by atoms with Crippen molar-refractivity contribution in [2.24, 2.45) is 0 Å². The molecular weight excluding hydrogens is 306 g/mol. The maximum absolute atomic E-state index is 11.3. The molecule has 0 spiro atoms. The van der Waals surface area contributed by atoms with Gasteiger partial charge in [-0.05, 0) is 18.1 Å². The van der Waals surface area contributed by atoms with Gasteiger partial charge in [0.2, 0.25) is 5.91 Å². The van der Waals surface area contributed by atoms with Gasteiger partial charge in [-0.25, -0.2) is 0 Å². The van der Waals surface area contributed by atoms with E-state index < -0.39 is 10.9 Å². The zero-order chi connectivity index (χ0) is 17.1. The molecular formula is C14H14N3O6-. The van der Waals surface area contributed by atoms with Crippen LogP contribution >= 0.6 is 0 Å². The van der Waals surface area contributed by atoms with Crippen LogP contribution < -0.4 is 15.2 Å². The minimum atomic E-state index is -1.48. The molecule has 0 aliphatic heterocycles. The Morgan fingerprint density at radius 1 is 1.39 bits per heavy atom. The highest BCUT2D eigenvalue weighted by atomic mass is 16.6. The van der Waals surface area contributed by atoms with Crippen molar-refractivity contribution >= 4 is 28.5 Å². The number of hydrogen-bond donors (Lipinski definition) is 2. The van der Waals surface area contributed by atoms with Crippen LogP contribution in [0.2, 0.25) is 0 Å². The fourth-order valence-corrected chi connectivity index (χ4v) is 2.36. The van der Waals surface area contributed by atoms with Crippen LogP contribution in [0.15, 0.2) is 12.1 Å². The summed E-state index contributed by atoms with van der Waals surface area (Å²) in [7, 11) is 1.36. The van der Waals surface area contributed by atoms with E-state index in [0.717, 1.165) is 0 Å². The minimum absolute atomic E-state index is 0.0767. The Morgan fingerprint density at radius 3 is 2.61 bits per heavy atom. The van der Waals surface area contributed by atoms with Crippen LogP contribution in [0.25, 0.3) is 10.9 Å². The van der Waals surface area contributed by atoms with Gasteiger partial charge < -0.3 is 24.9 Å². The van der Waals surface area contributed by atoms with E-state index in [1.807, 2.05) is 0 Å². The number of fused-ring (bicyclic) bond motifs is 1. The first-order valence-electron chi connectivity index (χ1n) is 6.68. The van der Waals surface area contributed by atoms with Gasteiger partial charge in [-0.2, -0.15) is 0 Å². The van der Waals surface area contributed by atoms with E-state index >= 15 is 0 Å². The lowest BCUT2D eigenvalue weighted by molar-refractivity contribution is -0.383. The molecule has 0 atom stereocenters. The van der Waals surface area contributed by atoms with Gasteiger partial charge in [-0.3, -0.25) is 14.9 Å². The first-order valence-corrected chi connectivity index (χ1v) is 6.68. The molecule has 0 saturated carbocycles. The molecule has 0 bridgehead atoms. The van der Waals surface area contributed by atoms with Gasteiger partial charge in [0.15, 0.2) is 0 Å². The van der Waals surface area contributed by atoms with Crippen molar-refractivity contribution in [3.05, 3.63) is 33.5 Å². The monoisotopic (exact) mass is 320 g/mol. The van der Waals surface area contributed by atoms with Crippen molar-refractivity contribution in [1.29, 1.82) is 0 Å². The highest BCUT2D eigenvalue weighted by Gasteiger charge is 2.21. The number of aromatic amines is 1. The normalized spacial score (nSPS) is 10.5. The molecule has 9 nitrogen and oxygen atoms in total. The SMILES string of the molecule is COc1cc([N+](=O)[O-])c2[nH]c(C(=O)[O-])c(CCNC(C)=O)c2c1. The Hall–Kier alpha value is -3.10. The lowest BCUT2D eigenvalue weighted by Gasteiger charge is -2.06. The van der Waals surface area contributed by atoms with Crippen molar-refractivity contribution in [2.75, 3.05) is 13.7 Å². The highest BCUT2D eigenvalue weighted by molar-refractivity contribution is 6.00. The minimum Gasteiger partial charge on any atom is -0.543 e. The Labute approximate surface area is 130 Å². The number of ether oxygens (including phenoxy) is 1. The predicted molar refractivity (Wildman–Crippen MR) is 78.2 cm³/mol. The van der Waals surface area contributed by atoms with Crippen molar-refractivity contribution < 1.29 is 24.4 Å². The van der Waals surface area contributed by atoms with E-state index in [9.17, 15) is 24.8 Å². The van der Waals surface area contributed by atoms with Gasteiger partial charge in [-0.1, -0.05) is 0 Å². The first-order chi connectivity index (χ1) is 10.8. The summed E-state index contributed by atoms with van der Waals surface area (Å²) in [5, 5.41) is 25.4. The molecule has 0 unspecified atom stereocenters. The number of methoxy groups -OCH3 is 1. The molecule has 1 aromatic carbocycles. The van der Waals surface area contributed by atoms with Crippen LogP contribution in [0.4, 0.5) is 5.69 Å². The maximum Gasteiger partial charge on any atom is 0.297 e. The lowest BCUT2D eigenvalue weighted by atomic mass is 10.1. The van der Waals surface area contributed by atoms with Crippen molar-refractivity contribution in [3.8, 4) is 5.75 Å². The van der Waals surface area contributed by atoms with Crippen LogP contribution in [0.5, 0.6) is 5.75 Å². The molecule has 1 aromatic heterocycles. The summed E-state index contributed by atoms with van der Waals surface area (Å²) < 4.78 is 5.03. The number of carbonyl (C=O) groups excluding carboxylic acids is 2. The standard InChI is InChI=1S/C14H15N3O6/c1-7(18)15-4-3-9-10-5-8(23-2)6-11(17(21)22)12(10)16-13(9)14(19)20/h5-6,16H,3-4H2,1-2H3,(H,15,18)(H,19,20)/p-1. The van der Waals surface area contributed by atoms with E-state index in [2.05, 4.69) is 10.3 Å². The number of amides is 1. The third-order valence-corrected chi connectivity index (χ3v) is 3.35. The second kappa shape index (κ2) is 6.34. The average Bonchev–Trinajstić information content (AvgIpc) is 2.84. The van der Waals surface area contributed by atoms with Gasteiger partial charge in [0.05, 0.1) is 29.8 Å². The second-order valence-electron chi connectivity index (χ2n) is 4.83. The number of aromatic nitrogens is 1. The Bertz CT molecular complexity index is 795. The number of nitro groups is 1. The maximum atomic E-state index is 11.3. The summed E-state index contributed by atoms with van der Waals surface area (Å²) in [6, 6.07) is 2.71. The Balaban J connectivity index is 2.63. The number of benzene rings is 1. The molecule has 0 radical (unpaired) electrons. The van der Waals surface area contributed by atoms with Gasteiger partial charge in [0.1, 0.15) is 11.3 Å². The summed E-state index contributed by atoms with van der Waals surface area (Å²) in [6.45, 7) is 1.52. The van der Waals surface area contributed by atoms with Crippen LogP contribution in [0.3, 0.4) is 0 Å². The zero-order valence-electron chi connectivity index (χ0n) is 12.5. The number of nitro benzene ring substituents is 1. The van der Waals surface area contributed by atoms with E-state index in [-0.39, 0.29) is 41.5 Å². The third-order valence-electron chi connectivity index (χ3n) is 3.35. The van der Waals surface area contributed by atoms with E-state index in [1.165, 1.54) is 26.2 Å². The second-order valence-corrected chi connectivity index (χ2v) is 4.83. The number of carbonyl (C=O) groups is 2. The number of aromatic carboxylic acids is 1. The van der Waals surface area contributed by atoms with Crippen molar-refractivity contribution in [2.45, 2.75) is 13.3 Å². The van der Waals surface area contributed by atoms with Gasteiger partial charge in [-0.15, -0.1) is 0 Å². The van der Waals surface area contributed by atoms with Crippen molar-refractivity contribution in [1.82, 2.24) is 10.3 Å². The number of non-ortho nitro benzene ring substituents is 1. The topological polar surface area (TPSA) is 137 Å². The van der Waals surface area contributed by atoms with Gasteiger partial charge in [0.25, 0.3) is 5.69 Å². The number of carboxylic acids is 1. The molecule has 122 valence electrons. The number of rotatable bonds is 6. The molecule has 23 heavy (non-hydrogen) atoms. The largest absolute Gasteiger partial charge is 0.543 e. The number of carboxylic acid groups (broad SMARTS) is 1. The lowest BCUT2D eigenvalue weighted by Crippen LogP contribution is -2.26. The Kier molecular flexibility index (Phi) is 4.49. The smallest absolute Gasteiger partial charge is 0.297 e. The molecule has 9 heteroatoms. The van der Waals surface area contributed by atoms with Crippen LogP contribution in [0, 0.1) is 10.1 Å². The summed E-state index contributed by atoms with van der Waals surface area (Å²) in [4.78, 5) is 35.3. The fraction of sp³-hybridized carbons (Fsp3) is 0.286. The molecule has 0 saturated heterocycles. The molecule has 2 aromatic rings. The van der Waals surface area contributed by atoms with Crippen LogP contribution in [0.1, 0.15) is 23.0 Å². The molecule has 0 aliphatic rings. The van der Waals surface area contributed by atoms with Gasteiger partial charge >= 0.3 is 0 Å². The number of nitrogens with zero attached hydrogens (tertiary/aromatic N) is 1. The molecule has 2 rings (SSSR count). The fourth-order valence-electron chi connectivity index (χ4n) is 2.36. The summed E-state index contributed by atoms with van der Waals surface area (Å²) >= 11 is 0. The number of nitrogens with one attached hydrogen (secondary N) is 2. The number of H-pyrrole nitrogens is 1. The van der Waals surface area contributed by atoms with E-state index in [1.54, 1.807) is 0 Å². The van der Waals surface area contributed by atoms with Gasteiger partial charge in [0, 0.05) is 18.9 Å². The highest BCUT2D eigenvalue weighted by Crippen LogP contribution is 2.34. The van der Waals surface area contributed by atoms with Crippen molar-refractivity contribution in [3.63, 3.8) is 0 Å². The molecule has 0 fully saturated rings. The summed E-state index contributed by atoms with van der Waals surface area (Å²) in [5.41, 5.74) is -0.155. The number of hydrogen-bond acceptors (Lipinski definition) is 6. The average molecular weight is 320 g/mol. The van der Waals surface area contributed by atoms with Crippen LogP contribution in [-0.2, 0) is 11.2 Å². The summed E-state index contributed by atoms with van der Waals surface area (Å²) in [6.07, 6.45) is 0.174. The quantitative estimate of drug-likeness (QED) is 0.573. The zero-order valence-corrected chi connectivity index (χ0v) is 12.5. The molecule has 1 amide bonds. The molecule has 1 heterocycles. The molecule has 2 N–H and O–H groups in total. The predicted octanol–water partition coefficient (Wildman–Crippen LogP) is 0.127. The van der Waals surface area contributed by atoms with E-state index in [4.69, 9.17) is 4.74 Å².